The predicted octanol–water partition coefficient (Wildman–Crippen LogP) is 3.06. The van der Waals surface area contributed by atoms with Gasteiger partial charge < -0.3 is 15.8 Å². The Morgan fingerprint density at radius 1 is 1.33 bits per heavy atom. The van der Waals surface area contributed by atoms with E-state index in [0.717, 1.165) is 5.69 Å². The molecule has 0 saturated carbocycles. The first-order chi connectivity index (χ1) is 10.2. The number of nitrogen functional groups attached to an aromatic ring is 1. The average molecular weight is 281 g/mol. The van der Waals surface area contributed by atoms with Crippen LogP contribution in [0.2, 0.25) is 0 Å². The van der Waals surface area contributed by atoms with Crippen LogP contribution in [0.25, 0.3) is 0 Å². The number of nitriles is 1. The van der Waals surface area contributed by atoms with Gasteiger partial charge in [-0.25, -0.2) is 4.79 Å². The summed E-state index contributed by atoms with van der Waals surface area (Å²) in [5.74, 6) is -0.454. The second kappa shape index (κ2) is 6.44. The molecule has 0 spiro atoms. The van der Waals surface area contributed by atoms with E-state index in [0.29, 0.717) is 29.1 Å². The van der Waals surface area contributed by atoms with Crippen LogP contribution >= 0.6 is 0 Å². The lowest BCUT2D eigenvalue weighted by atomic mass is 10.1. The van der Waals surface area contributed by atoms with Crippen molar-refractivity contribution in [1.29, 1.82) is 5.26 Å². The molecule has 0 aliphatic rings. The summed E-state index contributed by atoms with van der Waals surface area (Å²) >= 11 is 0. The van der Waals surface area contributed by atoms with Gasteiger partial charge in [0.25, 0.3) is 0 Å². The number of nitrogens with one attached hydrogen (secondary N) is 1. The molecule has 3 N–H and O–H groups in total. The number of para-hydroxylation sites is 1. The lowest BCUT2D eigenvalue weighted by Gasteiger charge is -2.12. The summed E-state index contributed by atoms with van der Waals surface area (Å²) in [5.41, 5.74) is 8.50. The Morgan fingerprint density at radius 3 is 2.81 bits per heavy atom. The summed E-state index contributed by atoms with van der Waals surface area (Å²) in [6.07, 6.45) is 0. The quantitative estimate of drug-likeness (QED) is 0.664. The zero-order chi connectivity index (χ0) is 15.2. The van der Waals surface area contributed by atoms with Crippen LogP contribution in [0.5, 0.6) is 0 Å². The van der Waals surface area contributed by atoms with Gasteiger partial charge in [-0.15, -0.1) is 0 Å². The van der Waals surface area contributed by atoms with Crippen molar-refractivity contribution in [2.24, 2.45) is 0 Å². The zero-order valence-electron chi connectivity index (χ0n) is 11.6. The summed E-state index contributed by atoms with van der Waals surface area (Å²) in [4.78, 5) is 11.8. The Bertz CT molecular complexity index is 705. The average Bonchev–Trinajstić information content (AvgIpc) is 2.50. The van der Waals surface area contributed by atoms with Crippen molar-refractivity contribution in [2.45, 2.75) is 6.92 Å². The van der Waals surface area contributed by atoms with Crippen LogP contribution in [0, 0.1) is 11.3 Å². The molecule has 0 amide bonds. The van der Waals surface area contributed by atoms with Gasteiger partial charge in [0.1, 0.15) is 0 Å². The Labute approximate surface area is 123 Å². The minimum absolute atomic E-state index is 0.292. The maximum atomic E-state index is 11.8. The first kappa shape index (κ1) is 14.4. The largest absolute Gasteiger partial charge is 0.462 e. The van der Waals surface area contributed by atoms with E-state index in [2.05, 4.69) is 11.4 Å². The number of esters is 1. The molecule has 0 aromatic heterocycles. The van der Waals surface area contributed by atoms with Gasteiger partial charge in [0.15, 0.2) is 0 Å². The Kier molecular flexibility index (Phi) is 4.42. The molecule has 2 aromatic rings. The van der Waals surface area contributed by atoms with E-state index >= 15 is 0 Å². The van der Waals surface area contributed by atoms with Crippen molar-refractivity contribution in [3.8, 4) is 6.07 Å². The van der Waals surface area contributed by atoms with E-state index < -0.39 is 5.97 Å². The van der Waals surface area contributed by atoms with Crippen molar-refractivity contribution < 1.29 is 9.53 Å². The molecule has 0 aliphatic heterocycles. The molecule has 2 aromatic carbocycles. The third kappa shape index (κ3) is 3.31. The number of nitrogens with zero attached hydrogens (tertiary/aromatic N) is 1. The molecule has 0 atom stereocenters. The molecule has 0 unspecified atom stereocenters. The molecule has 0 aliphatic carbocycles. The summed E-state index contributed by atoms with van der Waals surface area (Å²) in [6, 6.07) is 14.2. The maximum Gasteiger partial charge on any atom is 0.340 e. The van der Waals surface area contributed by atoms with Crippen molar-refractivity contribution in [1.82, 2.24) is 0 Å². The third-order valence-electron chi connectivity index (χ3n) is 2.87. The van der Waals surface area contributed by atoms with Crippen LogP contribution in [-0.4, -0.2) is 12.6 Å². The van der Waals surface area contributed by atoms with Crippen LogP contribution < -0.4 is 11.1 Å². The first-order valence-corrected chi connectivity index (χ1v) is 6.48. The monoisotopic (exact) mass is 281 g/mol. The highest BCUT2D eigenvalue weighted by molar-refractivity contribution is 5.98. The number of carbonyl (C=O) groups is 1. The van der Waals surface area contributed by atoms with Gasteiger partial charge in [0.2, 0.25) is 0 Å². The molecule has 0 saturated heterocycles. The van der Waals surface area contributed by atoms with E-state index in [1.807, 2.05) is 6.07 Å². The number of carbonyl (C=O) groups excluding carboxylic acids is 1. The lowest BCUT2D eigenvalue weighted by Crippen LogP contribution is -2.09. The highest BCUT2D eigenvalue weighted by atomic mass is 16.5. The van der Waals surface area contributed by atoms with Gasteiger partial charge in [-0.3, -0.25) is 0 Å². The molecule has 0 fully saturated rings. The predicted molar refractivity (Wildman–Crippen MR) is 81.3 cm³/mol. The molecule has 21 heavy (non-hydrogen) atoms. The van der Waals surface area contributed by atoms with Crippen LogP contribution in [0.4, 0.5) is 17.1 Å². The van der Waals surface area contributed by atoms with E-state index in [-0.39, 0.29) is 0 Å². The van der Waals surface area contributed by atoms with Crippen LogP contribution in [0.1, 0.15) is 22.8 Å². The number of nitrogens with two attached hydrogens (primary N) is 1. The fourth-order valence-electron chi connectivity index (χ4n) is 1.88. The van der Waals surface area contributed by atoms with Crippen LogP contribution in [0.15, 0.2) is 42.5 Å². The maximum absolute atomic E-state index is 11.8. The third-order valence-corrected chi connectivity index (χ3v) is 2.87. The van der Waals surface area contributed by atoms with Crippen molar-refractivity contribution >= 4 is 23.0 Å². The molecule has 0 heterocycles. The second-order valence-corrected chi connectivity index (χ2v) is 4.30. The number of rotatable bonds is 4. The molecular weight excluding hydrogens is 266 g/mol. The smallest absolute Gasteiger partial charge is 0.340 e. The minimum atomic E-state index is -0.454. The summed E-state index contributed by atoms with van der Waals surface area (Å²) < 4.78 is 4.96. The van der Waals surface area contributed by atoms with Gasteiger partial charge in [-0.2, -0.15) is 5.26 Å². The number of hydrogen-bond donors (Lipinski definition) is 2. The standard InChI is InChI=1S/C16H15N3O2/c1-2-21-16(20)13-7-4-8-14(15(13)18)19-12-6-3-5-11(9-12)10-17/h3-9,19H,2,18H2,1H3. The second-order valence-electron chi connectivity index (χ2n) is 4.30. The SMILES string of the molecule is CCOC(=O)c1cccc(Nc2cccc(C#N)c2)c1N. The number of anilines is 3. The van der Waals surface area contributed by atoms with Crippen LogP contribution in [-0.2, 0) is 4.74 Å². The molecule has 5 nitrogen and oxygen atoms in total. The number of benzene rings is 2. The fourth-order valence-corrected chi connectivity index (χ4v) is 1.88. The highest BCUT2D eigenvalue weighted by Gasteiger charge is 2.13. The molecule has 5 heteroatoms. The van der Waals surface area contributed by atoms with Gasteiger partial charge >= 0.3 is 5.97 Å². The first-order valence-electron chi connectivity index (χ1n) is 6.48. The lowest BCUT2D eigenvalue weighted by molar-refractivity contribution is 0.0527. The number of ether oxygens (including phenoxy) is 1. The van der Waals surface area contributed by atoms with Gasteiger partial charge in [0, 0.05) is 5.69 Å². The molecule has 0 bridgehead atoms. The van der Waals surface area contributed by atoms with Crippen molar-refractivity contribution in [3.05, 3.63) is 53.6 Å². The summed E-state index contributed by atoms with van der Waals surface area (Å²) in [5, 5.41) is 12.0. The highest BCUT2D eigenvalue weighted by Crippen LogP contribution is 2.27. The van der Waals surface area contributed by atoms with E-state index in [9.17, 15) is 4.79 Å². The Hall–Kier alpha value is -3.00. The van der Waals surface area contributed by atoms with Crippen molar-refractivity contribution in [3.63, 3.8) is 0 Å². The Morgan fingerprint density at radius 2 is 2.10 bits per heavy atom. The van der Waals surface area contributed by atoms with Gasteiger partial charge in [-0.1, -0.05) is 12.1 Å². The van der Waals surface area contributed by atoms with Gasteiger partial charge in [-0.05, 0) is 37.3 Å². The van der Waals surface area contributed by atoms with E-state index in [1.54, 1.807) is 43.3 Å². The molecule has 2 rings (SSSR count). The number of hydrogen-bond acceptors (Lipinski definition) is 5. The zero-order valence-corrected chi connectivity index (χ0v) is 11.6. The van der Waals surface area contributed by atoms with E-state index in [4.69, 9.17) is 15.7 Å². The Balaban J connectivity index is 2.30. The van der Waals surface area contributed by atoms with Crippen molar-refractivity contribution in [2.75, 3.05) is 17.7 Å². The molecular formula is C16H15N3O2. The normalized spacial score (nSPS) is 9.71. The summed E-state index contributed by atoms with van der Waals surface area (Å²) in [7, 11) is 0. The van der Waals surface area contributed by atoms with Gasteiger partial charge in [0.05, 0.1) is 35.2 Å². The molecule has 106 valence electrons. The van der Waals surface area contributed by atoms with E-state index in [1.165, 1.54) is 0 Å². The summed E-state index contributed by atoms with van der Waals surface area (Å²) in [6.45, 7) is 2.03. The van der Waals surface area contributed by atoms with Crippen LogP contribution in [0.3, 0.4) is 0 Å². The fraction of sp³-hybridized carbons (Fsp3) is 0.125. The molecule has 0 radical (unpaired) electrons. The topological polar surface area (TPSA) is 88.1 Å². The minimum Gasteiger partial charge on any atom is -0.462 e.